The summed E-state index contributed by atoms with van der Waals surface area (Å²) in [5.41, 5.74) is -0.482. The van der Waals surface area contributed by atoms with Crippen LogP contribution in [0.25, 0.3) is 0 Å². The molecule has 17 heavy (non-hydrogen) atoms. The molecule has 0 aliphatic carbocycles. The predicted octanol–water partition coefficient (Wildman–Crippen LogP) is -0.706. The summed E-state index contributed by atoms with van der Waals surface area (Å²) < 4.78 is 34.2. The highest BCUT2D eigenvalue weighted by molar-refractivity contribution is 7.87. The first-order valence-corrected chi connectivity index (χ1v) is 7.49. The van der Waals surface area contributed by atoms with Crippen LogP contribution in [0.3, 0.4) is 0 Å². The van der Waals surface area contributed by atoms with E-state index in [2.05, 4.69) is 10.0 Å². The Morgan fingerprint density at radius 1 is 1.41 bits per heavy atom. The first-order valence-electron chi connectivity index (χ1n) is 6.05. The van der Waals surface area contributed by atoms with Crippen LogP contribution in [0.4, 0.5) is 0 Å². The van der Waals surface area contributed by atoms with Gasteiger partial charge >= 0.3 is 0 Å². The molecule has 2 aliphatic heterocycles. The summed E-state index contributed by atoms with van der Waals surface area (Å²) in [6, 6.07) is 0. The topological polar surface area (TPSA) is 70.7 Å². The second-order valence-electron chi connectivity index (χ2n) is 4.94. The fourth-order valence-electron chi connectivity index (χ4n) is 2.21. The molecule has 2 rings (SSSR count). The molecule has 2 fully saturated rings. The summed E-state index contributed by atoms with van der Waals surface area (Å²) in [5, 5.41) is 3.14. The average Bonchev–Trinajstić information content (AvgIpc) is 2.59. The minimum Gasteiger partial charge on any atom is -0.376 e. The second kappa shape index (κ2) is 4.81. The largest absolute Gasteiger partial charge is 0.376 e. The molecule has 2 heterocycles. The maximum atomic E-state index is 12.2. The standard InChI is InChI=1S/C10H21N3O3S/c1-9-10(2,3-8-16-9)12-17(14,15)13-6-4-11-5-7-13/h9,11-12H,3-8H2,1-2H3. The molecule has 6 nitrogen and oxygen atoms in total. The van der Waals surface area contributed by atoms with Gasteiger partial charge in [0.25, 0.3) is 10.2 Å². The van der Waals surface area contributed by atoms with E-state index in [0.29, 0.717) is 32.8 Å². The van der Waals surface area contributed by atoms with E-state index >= 15 is 0 Å². The van der Waals surface area contributed by atoms with Gasteiger partial charge in [0.05, 0.1) is 11.6 Å². The lowest BCUT2D eigenvalue weighted by molar-refractivity contribution is 0.0950. The van der Waals surface area contributed by atoms with Crippen LogP contribution < -0.4 is 10.0 Å². The zero-order valence-corrected chi connectivity index (χ0v) is 11.2. The van der Waals surface area contributed by atoms with Crippen molar-refractivity contribution in [2.24, 2.45) is 0 Å². The van der Waals surface area contributed by atoms with Crippen molar-refractivity contribution in [2.75, 3.05) is 32.8 Å². The smallest absolute Gasteiger partial charge is 0.280 e. The van der Waals surface area contributed by atoms with E-state index in [0.717, 1.165) is 6.42 Å². The number of ether oxygens (including phenoxy) is 1. The van der Waals surface area contributed by atoms with Gasteiger partial charge in [0.1, 0.15) is 0 Å². The van der Waals surface area contributed by atoms with E-state index in [-0.39, 0.29) is 6.10 Å². The second-order valence-corrected chi connectivity index (χ2v) is 6.61. The number of piperazine rings is 1. The van der Waals surface area contributed by atoms with Crippen LogP contribution in [-0.4, -0.2) is 57.2 Å². The molecule has 2 unspecified atom stereocenters. The van der Waals surface area contributed by atoms with Gasteiger partial charge in [-0.2, -0.15) is 17.4 Å². The first kappa shape index (κ1) is 13.2. The van der Waals surface area contributed by atoms with Crippen LogP contribution in [0.15, 0.2) is 0 Å². The molecule has 0 amide bonds. The van der Waals surface area contributed by atoms with Gasteiger partial charge in [-0.15, -0.1) is 0 Å². The van der Waals surface area contributed by atoms with Crippen molar-refractivity contribution < 1.29 is 13.2 Å². The number of nitrogens with one attached hydrogen (secondary N) is 2. The highest BCUT2D eigenvalue weighted by atomic mass is 32.2. The number of rotatable bonds is 3. The molecule has 2 N–H and O–H groups in total. The average molecular weight is 263 g/mol. The van der Waals surface area contributed by atoms with Crippen molar-refractivity contribution in [3.05, 3.63) is 0 Å². The first-order chi connectivity index (χ1) is 7.94. The highest BCUT2D eigenvalue weighted by Gasteiger charge is 2.41. The van der Waals surface area contributed by atoms with Gasteiger partial charge in [-0.05, 0) is 20.3 Å². The van der Waals surface area contributed by atoms with Gasteiger partial charge in [-0.1, -0.05) is 0 Å². The fourth-order valence-corrected chi connectivity index (χ4v) is 3.86. The maximum Gasteiger partial charge on any atom is 0.280 e. The summed E-state index contributed by atoms with van der Waals surface area (Å²) in [6.07, 6.45) is 0.639. The van der Waals surface area contributed by atoms with Gasteiger partial charge < -0.3 is 10.1 Å². The van der Waals surface area contributed by atoms with Crippen molar-refractivity contribution >= 4 is 10.2 Å². The monoisotopic (exact) mass is 263 g/mol. The molecule has 0 radical (unpaired) electrons. The Bertz CT molecular complexity index is 367. The Hall–Kier alpha value is -0.210. The van der Waals surface area contributed by atoms with Crippen molar-refractivity contribution in [1.82, 2.24) is 14.3 Å². The third kappa shape index (κ3) is 2.79. The van der Waals surface area contributed by atoms with Gasteiger partial charge in [-0.3, -0.25) is 0 Å². The maximum absolute atomic E-state index is 12.2. The minimum atomic E-state index is -3.39. The molecule has 0 aromatic carbocycles. The molecule has 2 saturated heterocycles. The fraction of sp³-hybridized carbons (Fsp3) is 1.00. The summed E-state index contributed by atoms with van der Waals surface area (Å²) in [4.78, 5) is 0. The van der Waals surface area contributed by atoms with Gasteiger partial charge in [-0.25, -0.2) is 0 Å². The Balaban J connectivity index is 2.06. The van der Waals surface area contributed by atoms with Gasteiger partial charge in [0.2, 0.25) is 0 Å². The Kier molecular flexibility index (Phi) is 3.74. The molecule has 0 saturated carbocycles. The number of hydrogen-bond donors (Lipinski definition) is 2. The van der Waals surface area contributed by atoms with Crippen LogP contribution in [0.1, 0.15) is 20.3 Å². The third-order valence-corrected chi connectivity index (χ3v) is 5.43. The summed E-state index contributed by atoms with van der Waals surface area (Å²) in [6.45, 7) is 6.91. The van der Waals surface area contributed by atoms with E-state index in [1.165, 1.54) is 4.31 Å². The van der Waals surface area contributed by atoms with E-state index in [1.807, 2.05) is 13.8 Å². The molecule has 100 valence electrons. The third-order valence-electron chi connectivity index (χ3n) is 3.66. The van der Waals surface area contributed by atoms with Gasteiger partial charge in [0.15, 0.2) is 0 Å². The molecule has 2 aliphatic rings. The normalized spacial score (nSPS) is 36.2. The molecule has 7 heteroatoms. The summed E-state index contributed by atoms with van der Waals surface area (Å²) in [7, 11) is -3.39. The van der Waals surface area contributed by atoms with Crippen LogP contribution in [0.5, 0.6) is 0 Å². The minimum absolute atomic E-state index is 0.0832. The molecule has 2 atom stereocenters. The van der Waals surface area contributed by atoms with Gasteiger partial charge in [0, 0.05) is 32.8 Å². The quantitative estimate of drug-likeness (QED) is 0.706. The molecular weight excluding hydrogens is 242 g/mol. The summed E-state index contributed by atoms with van der Waals surface area (Å²) >= 11 is 0. The number of hydrogen-bond acceptors (Lipinski definition) is 4. The highest BCUT2D eigenvalue weighted by Crippen LogP contribution is 2.26. The van der Waals surface area contributed by atoms with E-state index in [1.54, 1.807) is 0 Å². The summed E-state index contributed by atoms with van der Waals surface area (Å²) in [5.74, 6) is 0. The van der Waals surface area contributed by atoms with E-state index in [9.17, 15) is 8.42 Å². The SMILES string of the molecule is CC1OCCC1(C)NS(=O)(=O)N1CCNCC1. The Morgan fingerprint density at radius 2 is 2.06 bits per heavy atom. The predicted molar refractivity (Wildman–Crippen MR) is 64.9 cm³/mol. The zero-order valence-electron chi connectivity index (χ0n) is 10.4. The van der Waals surface area contributed by atoms with Crippen molar-refractivity contribution in [3.63, 3.8) is 0 Å². The molecule has 0 aromatic heterocycles. The molecular formula is C10H21N3O3S. The van der Waals surface area contributed by atoms with Crippen molar-refractivity contribution in [1.29, 1.82) is 0 Å². The molecule has 0 bridgehead atoms. The van der Waals surface area contributed by atoms with Crippen LogP contribution >= 0.6 is 0 Å². The van der Waals surface area contributed by atoms with Crippen LogP contribution in [-0.2, 0) is 14.9 Å². The Labute approximate surface area is 103 Å². The molecule has 0 aromatic rings. The number of nitrogens with zero attached hydrogens (tertiary/aromatic N) is 1. The van der Waals surface area contributed by atoms with Crippen LogP contribution in [0, 0.1) is 0 Å². The van der Waals surface area contributed by atoms with Crippen molar-refractivity contribution in [2.45, 2.75) is 31.9 Å². The van der Waals surface area contributed by atoms with E-state index in [4.69, 9.17) is 4.74 Å². The van der Waals surface area contributed by atoms with E-state index < -0.39 is 15.7 Å². The van der Waals surface area contributed by atoms with Crippen LogP contribution in [0.2, 0.25) is 0 Å². The van der Waals surface area contributed by atoms with Crippen molar-refractivity contribution in [3.8, 4) is 0 Å². The lowest BCUT2D eigenvalue weighted by atomic mass is 9.97. The molecule has 0 spiro atoms. The lowest BCUT2D eigenvalue weighted by Crippen LogP contribution is -2.58. The Morgan fingerprint density at radius 3 is 2.59 bits per heavy atom. The lowest BCUT2D eigenvalue weighted by Gasteiger charge is -2.33. The zero-order chi connectivity index (χ0) is 12.5.